The fourth-order valence-corrected chi connectivity index (χ4v) is 2.60. The maximum absolute atomic E-state index is 12.1. The third-order valence-corrected chi connectivity index (χ3v) is 3.72. The molecule has 3 rings (SSSR count). The van der Waals surface area contributed by atoms with Crippen LogP contribution in [0.3, 0.4) is 0 Å². The van der Waals surface area contributed by atoms with Crippen LogP contribution in [0.1, 0.15) is 37.9 Å². The Bertz CT molecular complexity index is 712. The van der Waals surface area contributed by atoms with Gasteiger partial charge in [0.1, 0.15) is 5.69 Å². The molecular weight excluding hydrogens is 268 g/mol. The molecule has 21 heavy (non-hydrogen) atoms. The van der Waals surface area contributed by atoms with Crippen molar-refractivity contribution in [2.24, 2.45) is 0 Å². The van der Waals surface area contributed by atoms with E-state index in [1.807, 2.05) is 12.1 Å². The molecule has 1 amide bonds. The monoisotopic (exact) mass is 282 g/mol. The molecule has 1 aromatic heterocycles. The number of pyridine rings is 1. The SMILES string of the molecule is O=C(O)c1cccnc1C(=O)NCC1Cc2ccccc21. The first-order valence-corrected chi connectivity index (χ1v) is 6.71. The molecule has 0 radical (unpaired) electrons. The Hall–Kier alpha value is -2.69. The van der Waals surface area contributed by atoms with Gasteiger partial charge in [-0.25, -0.2) is 4.79 Å². The summed E-state index contributed by atoms with van der Waals surface area (Å²) < 4.78 is 0. The summed E-state index contributed by atoms with van der Waals surface area (Å²) in [7, 11) is 0. The van der Waals surface area contributed by atoms with Crippen LogP contribution >= 0.6 is 0 Å². The molecule has 106 valence electrons. The molecular formula is C16H14N2O3. The Morgan fingerprint density at radius 3 is 2.81 bits per heavy atom. The van der Waals surface area contributed by atoms with Crippen molar-refractivity contribution in [3.63, 3.8) is 0 Å². The number of fused-ring (bicyclic) bond motifs is 1. The van der Waals surface area contributed by atoms with E-state index in [9.17, 15) is 9.59 Å². The zero-order chi connectivity index (χ0) is 14.8. The molecule has 0 fully saturated rings. The Kier molecular flexibility index (Phi) is 3.39. The summed E-state index contributed by atoms with van der Waals surface area (Å²) in [6, 6.07) is 11.0. The van der Waals surface area contributed by atoms with Gasteiger partial charge >= 0.3 is 5.97 Å². The first-order valence-electron chi connectivity index (χ1n) is 6.71. The van der Waals surface area contributed by atoms with Crippen LogP contribution in [0, 0.1) is 0 Å². The lowest BCUT2D eigenvalue weighted by Crippen LogP contribution is -2.34. The minimum Gasteiger partial charge on any atom is -0.478 e. The Morgan fingerprint density at radius 2 is 2.05 bits per heavy atom. The molecule has 5 nitrogen and oxygen atoms in total. The van der Waals surface area contributed by atoms with Gasteiger partial charge in [-0.2, -0.15) is 0 Å². The van der Waals surface area contributed by atoms with E-state index in [2.05, 4.69) is 22.4 Å². The molecule has 0 saturated carbocycles. The average molecular weight is 282 g/mol. The van der Waals surface area contributed by atoms with Crippen molar-refractivity contribution in [3.05, 3.63) is 65.0 Å². The minimum atomic E-state index is -1.15. The molecule has 5 heteroatoms. The van der Waals surface area contributed by atoms with Gasteiger partial charge in [-0.3, -0.25) is 9.78 Å². The van der Waals surface area contributed by atoms with Crippen molar-refractivity contribution in [2.75, 3.05) is 6.54 Å². The smallest absolute Gasteiger partial charge is 0.338 e. The van der Waals surface area contributed by atoms with Gasteiger partial charge in [-0.05, 0) is 29.7 Å². The molecule has 0 saturated heterocycles. The van der Waals surface area contributed by atoms with Crippen molar-refractivity contribution in [3.8, 4) is 0 Å². The lowest BCUT2D eigenvalue weighted by atomic mass is 9.77. The molecule has 1 heterocycles. The molecule has 1 atom stereocenters. The first-order chi connectivity index (χ1) is 10.2. The lowest BCUT2D eigenvalue weighted by Gasteiger charge is -2.30. The zero-order valence-electron chi connectivity index (χ0n) is 11.2. The normalized spacial score (nSPS) is 15.7. The van der Waals surface area contributed by atoms with Crippen LogP contribution in [0.25, 0.3) is 0 Å². The Labute approximate surface area is 121 Å². The highest BCUT2D eigenvalue weighted by Gasteiger charge is 2.26. The van der Waals surface area contributed by atoms with E-state index in [-0.39, 0.29) is 11.3 Å². The van der Waals surface area contributed by atoms with E-state index < -0.39 is 11.9 Å². The van der Waals surface area contributed by atoms with Gasteiger partial charge in [-0.15, -0.1) is 0 Å². The van der Waals surface area contributed by atoms with Gasteiger partial charge in [0.2, 0.25) is 0 Å². The number of benzene rings is 1. The molecule has 0 aliphatic heterocycles. The molecule has 1 aliphatic carbocycles. The van der Waals surface area contributed by atoms with E-state index in [0.29, 0.717) is 12.5 Å². The number of rotatable bonds is 4. The third kappa shape index (κ3) is 2.50. The second-order valence-corrected chi connectivity index (χ2v) is 5.01. The van der Waals surface area contributed by atoms with E-state index in [0.717, 1.165) is 6.42 Å². The molecule has 2 aromatic rings. The van der Waals surface area contributed by atoms with Crippen molar-refractivity contribution >= 4 is 11.9 Å². The predicted octanol–water partition coefficient (Wildman–Crippen LogP) is 1.85. The number of nitrogens with zero attached hydrogens (tertiary/aromatic N) is 1. The van der Waals surface area contributed by atoms with Crippen molar-refractivity contribution in [1.29, 1.82) is 0 Å². The van der Waals surface area contributed by atoms with E-state index in [4.69, 9.17) is 5.11 Å². The summed E-state index contributed by atoms with van der Waals surface area (Å²) in [6.45, 7) is 0.492. The third-order valence-electron chi connectivity index (χ3n) is 3.72. The number of aromatic carboxylic acids is 1. The van der Waals surface area contributed by atoms with Crippen molar-refractivity contribution < 1.29 is 14.7 Å². The van der Waals surface area contributed by atoms with Gasteiger partial charge in [0.15, 0.2) is 0 Å². The number of carbonyl (C=O) groups excluding carboxylic acids is 1. The quantitative estimate of drug-likeness (QED) is 0.897. The topological polar surface area (TPSA) is 79.3 Å². The van der Waals surface area contributed by atoms with Gasteiger partial charge in [-0.1, -0.05) is 24.3 Å². The lowest BCUT2D eigenvalue weighted by molar-refractivity contribution is 0.0690. The fourth-order valence-electron chi connectivity index (χ4n) is 2.60. The van der Waals surface area contributed by atoms with Gasteiger partial charge in [0, 0.05) is 18.7 Å². The first kappa shape index (κ1) is 13.3. The number of carboxylic acids is 1. The summed E-state index contributed by atoms with van der Waals surface area (Å²) >= 11 is 0. The second-order valence-electron chi connectivity index (χ2n) is 5.01. The summed E-state index contributed by atoms with van der Waals surface area (Å²) in [5.74, 6) is -1.30. The van der Waals surface area contributed by atoms with Crippen LogP contribution < -0.4 is 5.32 Å². The van der Waals surface area contributed by atoms with Crippen LogP contribution in [0.15, 0.2) is 42.6 Å². The van der Waals surface area contributed by atoms with Crippen LogP contribution in [-0.2, 0) is 6.42 Å². The van der Waals surface area contributed by atoms with E-state index in [1.54, 1.807) is 0 Å². The van der Waals surface area contributed by atoms with Gasteiger partial charge in [0.05, 0.1) is 5.56 Å². The number of nitrogens with one attached hydrogen (secondary N) is 1. The maximum atomic E-state index is 12.1. The van der Waals surface area contributed by atoms with Crippen LogP contribution in [0.4, 0.5) is 0 Å². The fraction of sp³-hybridized carbons (Fsp3) is 0.188. The van der Waals surface area contributed by atoms with Gasteiger partial charge < -0.3 is 10.4 Å². The molecule has 2 N–H and O–H groups in total. The highest BCUT2D eigenvalue weighted by molar-refractivity contribution is 6.03. The molecule has 1 unspecified atom stereocenters. The number of hydrogen-bond donors (Lipinski definition) is 2. The zero-order valence-corrected chi connectivity index (χ0v) is 11.2. The largest absolute Gasteiger partial charge is 0.478 e. The molecule has 0 bridgehead atoms. The highest BCUT2D eigenvalue weighted by atomic mass is 16.4. The van der Waals surface area contributed by atoms with Gasteiger partial charge in [0.25, 0.3) is 5.91 Å². The summed E-state index contributed by atoms with van der Waals surface area (Å²) in [5, 5.41) is 11.8. The Balaban J connectivity index is 1.67. The Morgan fingerprint density at radius 1 is 1.24 bits per heavy atom. The summed E-state index contributed by atoms with van der Waals surface area (Å²) in [4.78, 5) is 27.0. The van der Waals surface area contributed by atoms with E-state index in [1.165, 1.54) is 29.5 Å². The van der Waals surface area contributed by atoms with Crippen LogP contribution in [0.5, 0.6) is 0 Å². The second kappa shape index (κ2) is 5.36. The van der Waals surface area contributed by atoms with Crippen molar-refractivity contribution in [1.82, 2.24) is 10.3 Å². The number of carboxylic acid groups (broad SMARTS) is 1. The summed E-state index contributed by atoms with van der Waals surface area (Å²) in [6.07, 6.45) is 2.35. The average Bonchev–Trinajstić information content (AvgIpc) is 2.48. The molecule has 1 aliphatic rings. The molecule has 0 spiro atoms. The van der Waals surface area contributed by atoms with E-state index >= 15 is 0 Å². The van der Waals surface area contributed by atoms with Crippen molar-refractivity contribution in [2.45, 2.75) is 12.3 Å². The number of hydrogen-bond acceptors (Lipinski definition) is 3. The van der Waals surface area contributed by atoms with Crippen LogP contribution in [0.2, 0.25) is 0 Å². The molecule has 1 aromatic carbocycles. The minimum absolute atomic E-state index is 0.0439. The highest BCUT2D eigenvalue weighted by Crippen LogP contribution is 2.33. The predicted molar refractivity (Wildman–Crippen MR) is 76.4 cm³/mol. The summed E-state index contributed by atoms with van der Waals surface area (Å²) in [5.41, 5.74) is 2.43. The number of aromatic nitrogens is 1. The number of carbonyl (C=O) groups is 2. The standard InChI is InChI=1S/C16H14N2O3/c19-15(14-13(16(20)21)6-3-7-17-14)18-9-11-8-10-4-1-2-5-12(10)11/h1-7,11H,8-9H2,(H,18,19)(H,20,21). The number of amides is 1. The van der Waals surface area contributed by atoms with Crippen LogP contribution in [-0.4, -0.2) is 28.5 Å². The maximum Gasteiger partial charge on any atom is 0.338 e.